The van der Waals surface area contributed by atoms with Crippen LogP contribution in [0.15, 0.2) is 54.6 Å². The molecule has 4 rings (SSSR count). The third kappa shape index (κ3) is 7.59. The average Bonchev–Trinajstić information content (AvgIpc) is 3.31. The van der Waals surface area contributed by atoms with Gasteiger partial charge in [0.1, 0.15) is 29.4 Å². The van der Waals surface area contributed by atoms with Gasteiger partial charge in [0.2, 0.25) is 0 Å². The van der Waals surface area contributed by atoms with Crippen molar-refractivity contribution in [3.05, 3.63) is 98.5 Å². The first kappa shape index (κ1) is 35.8. The zero-order valence-electron chi connectivity index (χ0n) is 26.2. The Morgan fingerprint density at radius 1 is 1.09 bits per heavy atom. The Balaban J connectivity index is 1.83. The van der Waals surface area contributed by atoms with Crippen molar-refractivity contribution in [2.24, 2.45) is 5.41 Å². The van der Waals surface area contributed by atoms with E-state index in [0.717, 1.165) is 6.07 Å². The second-order valence-electron chi connectivity index (χ2n) is 12.6. The minimum Gasteiger partial charge on any atom is -0.496 e. The summed E-state index contributed by atoms with van der Waals surface area (Å²) in [6, 6.07) is 12.8. The van der Waals surface area contributed by atoms with Gasteiger partial charge in [-0.2, -0.15) is 5.26 Å². The lowest BCUT2D eigenvalue weighted by Crippen LogP contribution is -2.44. The number of aliphatic carboxylic acids is 1. The van der Waals surface area contributed by atoms with E-state index in [-0.39, 0.29) is 51.9 Å². The Hall–Kier alpha value is -4.04. The molecule has 0 aliphatic carbocycles. The van der Waals surface area contributed by atoms with Crippen molar-refractivity contribution in [3.8, 4) is 11.8 Å². The number of ketones is 1. The molecule has 1 aliphatic heterocycles. The molecule has 47 heavy (non-hydrogen) atoms. The minimum absolute atomic E-state index is 0.0259. The van der Waals surface area contributed by atoms with Gasteiger partial charge in [-0.25, -0.2) is 13.6 Å². The highest BCUT2D eigenvalue weighted by atomic mass is 35.5. The highest BCUT2D eigenvalue weighted by Gasteiger charge is 2.60. The van der Waals surface area contributed by atoms with Crippen molar-refractivity contribution in [1.29, 1.82) is 5.26 Å². The fraction of sp³-hybridized carbons (Fsp3) is 0.371. The summed E-state index contributed by atoms with van der Waals surface area (Å²) in [5, 5.41) is 23.0. The molecule has 248 valence electrons. The predicted octanol–water partition coefficient (Wildman–Crippen LogP) is 7.05. The van der Waals surface area contributed by atoms with Crippen LogP contribution in [0.3, 0.4) is 0 Å². The molecule has 1 heterocycles. The molecule has 0 radical (unpaired) electrons. The van der Waals surface area contributed by atoms with E-state index in [1.54, 1.807) is 0 Å². The fourth-order valence-electron chi connectivity index (χ4n) is 6.24. The van der Waals surface area contributed by atoms with Crippen LogP contribution in [-0.2, 0) is 26.2 Å². The van der Waals surface area contributed by atoms with Gasteiger partial charge in [0, 0.05) is 34.5 Å². The van der Waals surface area contributed by atoms with E-state index in [1.807, 2.05) is 20.8 Å². The lowest BCUT2D eigenvalue weighted by atomic mass is 9.62. The number of hydrogen-bond acceptors (Lipinski definition) is 7. The second-order valence-corrected chi connectivity index (χ2v) is 13.5. The Kier molecular flexibility index (Phi) is 11.0. The number of carboxylic acids is 1. The molecule has 0 bridgehead atoms. The summed E-state index contributed by atoms with van der Waals surface area (Å²) in [5.41, 5.74) is -1.78. The number of benzene rings is 3. The number of Topliss-reactive ketones (excluding diaryl/α,β-unsaturated/α-hetero) is 1. The minimum atomic E-state index is -1.78. The monoisotopic (exact) mass is 686 g/mol. The predicted molar refractivity (Wildman–Crippen MR) is 172 cm³/mol. The molecule has 0 spiro atoms. The maximum atomic E-state index is 15.9. The maximum absolute atomic E-state index is 15.9. The molecule has 3 aromatic carbocycles. The SMILES string of the molecule is COc1cc(C(=O)OCCC(=O)O)ccc1CC(=O)[C@@H]1N[C@@H](CC(C)(C)C)[C@](C#N)(c2ccc(Cl)cc2F)[C@H]1c1cccc(Cl)c1F. The lowest BCUT2D eigenvalue weighted by molar-refractivity contribution is -0.137. The van der Waals surface area contributed by atoms with E-state index in [1.165, 1.54) is 55.6 Å². The van der Waals surface area contributed by atoms with Gasteiger partial charge in [0.25, 0.3) is 0 Å². The van der Waals surface area contributed by atoms with Gasteiger partial charge < -0.3 is 19.9 Å². The van der Waals surface area contributed by atoms with Gasteiger partial charge in [0.15, 0.2) is 5.78 Å². The number of nitriles is 1. The molecule has 1 aliphatic rings. The highest BCUT2D eigenvalue weighted by Crippen LogP contribution is 2.53. The Bertz CT molecular complexity index is 1740. The van der Waals surface area contributed by atoms with E-state index in [4.69, 9.17) is 37.8 Å². The van der Waals surface area contributed by atoms with Crippen LogP contribution in [0.2, 0.25) is 10.0 Å². The molecular weight excluding hydrogens is 653 g/mol. The Morgan fingerprint density at radius 3 is 2.43 bits per heavy atom. The number of carboxylic acid groups (broad SMARTS) is 1. The van der Waals surface area contributed by atoms with Crippen LogP contribution in [-0.4, -0.2) is 48.6 Å². The quantitative estimate of drug-likeness (QED) is 0.206. The first-order valence-electron chi connectivity index (χ1n) is 14.8. The molecular formula is C35H34Cl2F2N2O6. The molecule has 1 saturated heterocycles. The van der Waals surface area contributed by atoms with Crippen LogP contribution >= 0.6 is 23.2 Å². The third-order valence-electron chi connectivity index (χ3n) is 8.23. The van der Waals surface area contributed by atoms with Gasteiger partial charge in [-0.05, 0) is 47.7 Å². The Labute approximate surface area is 281 Å². The van der Waals surface area contributed by atoms with Crippen molar-refractivity contribution in [1.82, 2.24) is 5.32 Å². The second kappa shape index (κ2) is 14.4. The molecule has 4 atom stereocenters. The lowest BCUT2D eigenvalue weighted by Gasteiger charge is -2.37. The molecule has 0 unspecified atom stereocenters. The Morgan fingerprint density at radius 2 is 1.81 bits per heavy atom. The summed E-state index contributed by atoms with van der Waals surface area (Å²) in [5.74, 6) is -4.99. The molecule has 1 fully saturated rings. The highest BCUT2D eigenvalue weighted by molar-refractivity contribution is 6.31. The number of rotatable bonds is 11. The third-order valence-corrected chi connectivity index (χ3v) is 8.76. The number of ether oxygens (including phenoxy) is 2. The van der Waals surface area contributed by atoms with E-state index in [2.05, 4.69) is 11.4 Å². The molecule has 12 heteroatoms. The van der Waals surface area contributed by atoms with Crippen molar-refractivity contribution in [3.63, 3.8) is 0 Å². The van der Waals surface area contributed by atoms with Crippen molar-refractivity contribution >= 4 is 40.9 Å². The number of nitrogens with zero attached hydrogens (tertiary/aromatic N) is 1. The van der Waals surface area contributed by atoms with Crippen LogP contribution in [0.5, 0.6) is 5.75 Å². The number of methoxy groups -OCH3 is 1. The molecule has 3 aromatic rings. The van der Waals surface area contributed by atoms with Gasteiger partial charge in [0.05, 0.1) is 36.2 Å². The van der Waals surface area contributed by atoms with Gasteiger partial charge in [-0.3, -0.25) is 9.59 Å². The van der Waals surface area contributed by atoms with Crippen molar-refractivity contribution < 1.29 is 37.7 Å². The fourth-order valence-corrected chi connectivity index (χ4v) is 6.58. The first-order valence-corrected chi connectivity index (χ1v) is 15.5. The van der Waals surface area contributed by atoms with Crippen LogP contribution < -0.4 is 10.1 Å². The molecule has 0 aromatic heterocycles. The number of carbonyl (C=O) groups excluding carboxylic acids is 2. The van der Waals surface area contributed by atoms with E-state index >= 15 is 8.78 Å². The topological polar surface area (TPSA) is 126 Å². The van der Waals surface area contributed by atoms with Gasteiger partial charge >= 0.3 is 11.9 Å². The van der Waals surface area contributed by atoms with Gasteiger partial charge in [-0.1, -0.05) is 68.2 Å². The largest absolute Gasteiger partial charge is 0.496 e. The molecule has 8 nitrogen and oxygen atoms in total. The summed E-state index contributed by atoms with van der Waals surface area (Å²) >= 11 is 12.3. The molecule has 0 saturated carbocycles. The normalized spacial score (nSPS) is 20.8. The van der Waals surface area contributed by atoms with Gasteiger partial charge in [-0.15, -0.1) is 0 Å². The zero-order chi connectivity index (χ0) is 34.7. The van der Waals surface area contributed by atoms with Crippen LogP contribution in [0, 0.1) is 28.4 Å². The summed E-state index contributed by atoms with van der Waals surface area (Å²) in [6.07, 6.45) is -0.313. The summed E-state index contributed by atoms with van der Waals surface area (Å²) in [7, 11) is 1.35. The van der Waals surface area contributed by atoms with Crippen LogP contribution in [0.1, 0.15) is 66.6 Å². The number of esters is 1. The summed E-state index contributed by atoms with van der Waals surface area (Å²) in [4.78, 5) is 37.6. The van der Waals surface area contributed by atoms with Crippen LogP contribution in [0.4, 0.5) is 8.78 Å². The van der Waals surface area contributed by atoms with E-state index in [0.29, 0.717) is 12.0 Å². The zero-order valence-corrected chi connectivity index (χ0v) is 27.7. The molecule has 2 N–H and O–H groups in total. The van der Waals surface area contributed by atoms with E-state index in [9.17, 15) is 19.6 Å². The number of hydrogen-bond donors (Lipinski definition) is 2. The van der Waals surface area contributed by atoms with Crippen molar-refractivity contribution in [2.75, 3.05) is 13.7 Å². The average molecular weight is 688 g/mol. The number of halogens is 4. The molecule has 0 amide bonds. The van der Waals surface area contributed by atoms with Crippen LogP contribution in [0.25, 0.3) is 0 Å². The first-order chi connectivity index (χ1) is 22.1. The number of nitrogens with one attached hydrogen (secondary N) is 1. The van der Waals surface area contributed by atoms with E-state index < -0.39 is 58.2 Å². The standard InChI is InChI=1S/C35H34Cl2F2N2O6/c1-34(2,3)17-28-35(18-40,23-11-10-21(36)16-25(23)38)30(22-6-5-7-24(37)31(22)39)32(41-28)26(42)14-19-8-9-20(15-27(19)46-4)33(45)47-13-12-29(43)44/h5-11,15-16,28,30,32,41H,12-14,17H2,1-4H3,(H,43,44)/t28-,30-,32-,35-/m0/s1. The smallest absolute Gasteiger partial charge is 0.338 e. The summed E-state index contributed by atoms with van der Waals surface area (Å²) < 4.78 is 42.2. The maximum Gasteiger partial charge on any atom is 0.338 e. The summed E-state index contributed by atoms with van der Waals surface area (Å²) in [6.45, 7) is 5.50. The number of carbonyl (C=O) groups is 3. The van der Waals surface area contributed by atoms with Crippen molar-refractivity contribution in [2.45, 2.75) is 63.5 Å².